The van der Waals surface area contributed by atoms with Crippen LogP contribution in [-0.4, -0.2) is 31.8 Å². The molecule has 2 rings (SSSR count). The lowest BCUT2D eigenvalue weighted by Crippen LogP contribution is -2.39. The van der Waals surface area contributed by atoms with Crippen LogP contribution in [0, 0.1) is 0 Å². The highest BCUT2D eigenvalue weighted by atomic mass is 35.5. The first-order valence-electron chi connectivity index (χ1n) is 6.59. The fourth-order valence-electron chi connectivity index (χ4n) is 1.73. The van der Waals surface area contributed by atoms with Crippen molar-refractivity contribution in [3.63, 3.8) is 0 Å². The van der Waals surface area contributed by atoms with E-state index in [0.717, 1.165) is 24.9 Å². The Labute approximate surface area is 114 Å². The summed E-state index contributed by atoms with van der Waals surface area (Å²) >= 11 is 5.88. The maximum atomic E-state index is 5.88. The summed E-state index contributed by atoms with van der Waals surface area (Å²) in [5.74, 6) is 0.827. The van der Waals surface area contributed by atoms with Gasteiger partial charge in [0.25, 0.3) is 0 Å². The van der Waals surface area contributed by atoms with Crippen molar-refractivity contribution in [1.82, 2.24) is 10.6 Å². The third-order valence-corrected chi connectivity index (χ3v) is 3.18. The van der Waals surface area contributed by atoms with Gasteiger partial charge >= 0.3 is 0 Å². The van der Waals surface area contributed by atoms with Crippen molar-refractivity contribution in [3.8, 4) is 5.75 Å². The molecule has 0 heterocycles. The van der Waals surface area contributed by atoms with Gasteiger partial charge in [0.15, 0.2) is 0 Å². The molecule has 1 unspecified atom stereocenters. The Balaban J connectivity index is 1.54. The van der Waals surface area contributed by atoms with Gasteiger partial charge in [-0.25, -0.2) is 0 Å². The van der Waals surface area contributed by atoms with Crippen LogP contribution in [0.5, 0.6) is 5.75 Å². The van der Waals surface area contributed by atoms with Gasteiger partial charge in [-0.05, 0) is 38.0 Å². The summed E-state index contributed by atoms with van der Waals surface area (Å²) in [6.45, 7) is 4.73. The molecule has 3 nitrogen and oxygen atoms in total. The van der Waals surface area contributed by atoms with Gasteiger partial charge < -0.3 is 15.4 Å². The number of halogens is 1. The molecule has 0 aliphatic heterocycles. The Kier molecular flexibility index (Phi) is 5.29. The highest BCUT2D eigenvalue weighted by Gasteiger charge is 2.20. The van der Waals surface area contributed by atoms with E-state index in [-0.39, 0.29) is 0 Å². The average Bonchev–Trinajstić information content (AvgIpc) is 3.16. The molecular weight excluding hydrogens is 248 g/mol. The quantitative estimate of drug-likeness (QED) is 0.711. The van der Waals surface area contributed by atoms with Crippen LogP contribution in [0.15, 0.2) is 24.3 Å². The molecule has 0 aromatic heterocycles. The van der Waals surface area contributed by atoms with Gasteiger partial charge in [-0.3, -0.25) is 0 Å². The van der Waals surface area contributed by atoms with Crippen LogP contribution in [0.25, 0.3) is 0 Å². The summed E-state index contributed by atoms with van der Waals surface area (Å²) in [5, 5.41) is 7.64. The molecule has 0 radical (unpaired) electrons. The van der Waals surface area contributed by atoms with E-state index in [4.69, 9.17) is 16.3 Å². The summed E-state index contributed by atoms with van der Waals surface area (Å²) < 4.78 is 5.61. The minimum Gasteiger partial charge on any atom is -0.492 e. The second-order valence-corrected chi connectivity index (χ2v) is 5.28. The molecule has 1 aromatic carbocycles. The number of benzene rings is 1. The summed E-state index contributed by atoms with van der Waals surface area (Å²) in [6, 6.07) is 8.75. The van der Waals surface area contributed by atoms with E-state index < -0.39 is 0 Å². The molecule has 4 heteroatoms. The predicted molar refractivity (Wildman–Crippen MR) is 75.4 cm³/mol. The van der Waals surface area contributed by atoms with Crippen LogP contribution in [0.3, 0.4) is 0 Å². The normalized spacial score (nSPS) is 16.6. The molecule has 0 saturated heterocycles. The largest absolute Gasteiger partial charge is 0.492 e. The average molecular weight is 269 g/mol. The number of nitrogens with one attached hydrogen (secondary N) is 2. The molecule has 1 aliphatic carbocycles. The van der Waals surface area contributed by atoms with Gasteiger partial charge in [0.1, 0.15) is 12.4 Å². The fourth-order valence-corrected chi connectivity index (χ4v) is 1.91. The fraction of sp³-hybridized carbons (Fsp3) is 0.571. The number of hydrogen-bond acceptors (Lipinski definition) is 3. The topological polar surface area (TPSA) is 33.3 Å². The van der Waals surface area contributed by atoms with Crippen LogP contribution in [0.1, 0.15) is 19.8 Å². The van der Waals surface area contributed by atoms with Crippen LogP contribution >= 0.6 is 11.6 Å². The van der Waals surface area contributed by atoms with Gasteiger partial charge in [0, 0.05) is 30.2 Å². The summed E-state index contributed by atoms with van der Waals surface area (Å²) in [7, 11) is 0. The first kappa shape index (κ1) is 13.7. The summed E-state index contributed by atoms with van der Waals surface area (Å²) in [6.07, 6.45) is 2.68. The predicted octanol–water partition coefficient (Wildman–Crippen LogP) is 2.45. The summed E-state index contributed by atoms with van der Waals surface area (Å²) in [4.78, 5) is 0. The zero-order chi connectivity index (χ0) is 12.8. The number of rotatable bonds is 8. The highest BCUT2D eigenvalue weighted by molar-refractivity contribution is 6.30. The van der Waals surface area contributed by atoms with E-state index in [0.29, 0.717) is 17.7 Å². The summed E-state index contributed by atoms with van der Waals surface area (Å²) in [5.41, 5.74) is 0. The highest BCUT2D eigenvalue weighted by Crippen LogP contribution is 2.18. The first-order chi connectivity index (χ1) is 8.74. The lowest BCUT2D eigenvalue weighted by molar-refractivity contribution is 0.305. The van der Waals surface area contributed by atoms with Gasteiger partial charge in [-0.2, -0.15) is 0 Å². The maximum Gasteiger partial charge on any atom is 0.120 e. The molecule has 1 aliphatic rings. The molecular formula is C14H21ClN2O. The molecule has 1 aromatic rings. The van der Waals surface area contributed by atoms with E-state index in [1.807, 2.05) is 24.3 Å². The second-order valence-electron chi connectivity index (χ2n) is 4.84. The Morgan fingerprint density at radius 2 is 2.28 bits per heavy atom. The van der Waals surface area contributed by atoms with E-state index in [9.17, 15) is 0 Å². The SMILES string of the molecule is CC(CNC1CC1)NCCOc1cccc(Cl)c1. The first-order valence-corrected chi connectivity index (χ1v) is 6.97. The monoisotopic (exact) mass is 268 g/mol. The van der Waals surface area contributed by atoms with E-state index >= 15 is 0 Å². The maximum absolute atomic E-state index is 5.88. The van der Waals surface area contributed by atoms with Gasteiger partial charge in [0.2, 0.25) is 0 Å². The van der Waals surface area contributed by atoms with Crippen molar-refractivity contribution in [2.45, 2.75) is 31.8 Å². The zero-order valence-corrected chi connectivity index (χ0v) is 11.5. The van der Waals surface area contributed by atoms with E-state index in [2.05, 4.69) is 17.6 Å². The number of ether oxygens (including phenoxy) is 1. The number of hydrogen-bond donors (Lipinski definition) is 2. The molecule has 18 heavy (non-hydrogen) atoms. The Morgan fingerprint density at radius 3 is 3.00 bits per heavy atom. The minimum absolute atomic E-state index is 0.480. The van der Waals surface area contributed by atoms with E-state index in [1.54, 1.807) is 0 Å². The molecule has 1 saturated carbocycles. The smallest absolute Gasteiger partial charge is 0.120 e. The van der Waals surface area contributed by atoms with Crippen LogP contribution in [0.4, 0.5) is 0 Å². The standard InChI is InChI=1S/C14H21ClN2O/c1-11(10-17-13-5-6-13)16-7-8-18-14-4-2-3-12(15)9-14/h2-4,9,11,13,16-17H,5-8,10H2,1H3. The lowest BCUT2D eigenvalue weighted by atomic mass is 10.3. The van der Waals surface area contributed by atoms with Crippen LogP contribution in [0.2, 0.25) is 5.02 Å². The molecule has 1 atom stereocenters. The Hall–Kier alpha value is -0.770. The molecule has 0 spiro atoms. The molecule has 2 N–H and O–H groups in total. The van der Waals surface area contributed by atoms with Crippen molar-refractivity contribution in [2.75, 3.05) is 19.7 Å². The molecule has 0 amide bonds. The lowest BCUT2D eigenvalue weighted by Gasteiger charge is -2.14. The second kappa shape index (κ2) is 6.98. The van der Waals surface area contributed by atoms with Gasteiger partial charge in [-0.1, -0.05) is 17.7 Å². The zero-order valence-electron chi connectivity index (χ0n) is 10.8. The van der Waals surface area contributed by atoms with Crippen LogP contribution in [-0.2, 0) is 0 Å². The molecule has 1 fully saturated rings. The van der Waals surface area contributed by atoms with Crippen molar-refractivity contribution < 1.29 is 4.74 Å². The van der Waals surface area contributed by atoms with Gasteiger partial charge in [-0.15, -0.1) is 0 Å². The van der Waals surface area contributed by atoms with Crippen molar-refractivity contribution in [3.05, 3.63) is 29.3 Å². The Bertz CT molecular complexity index is 369. The van der Waals surface area contributed by atoms with Crippen molar-refractivity contribution >= 4 is 11.6 Å². The van der Waals surface area contributed by atoms with Crippen molar-refractivity contribution in [1.29, 1.82) is 0 Å². The Morgan fingerprint density at radius 1 is 1.44 bits per heavy atom. The van der Waals surface area contributed by atoms with Crippen LogP contribution < -0.4 is 15.4 Å². The third-order valence-electron chi connectivity index (χ3n) is 2.95. The molecule has 0 bridgehead atoms. The molecule has 100 valence electrons. The third kappa shape index (κ3) is 5.25. The van der Waals surface area contributed by atoms with Crippen molar-refractivity contribution in [2.24, 2.45) is 0 Å². The van der Waals surface area contributed by atoms with Gasteiger partial charge in [0.05, 0.1) is 0 Å². The minimum atomic E-state index is 0.480. The van der Waals surface area contributed by atoms with E-state index in [1.165, 1.54) is 12.8 Å².